The number of carbonyl (C=O) groups excluding carboxylic acids is 1. The first kappa shape index (κ1) is 16.7. The quantitative estimate of drug-likeness (QED) is 0.890. The van der Waals surface area contributed by atoms with Crippen LogP contribution in [0.15, 0.2) is 48.5 Å². The first-order chi connectivity index (χ1) is 11.0. The summed E-state index contributed by atoms with van der Waals surface area (Å²) in [5.74, 6) is 1.17. The topological polar surface area (TPSA) is 50.8 Å². The van der Waals surface area contributed by atoms with E-state index < -0.39 is 6.10 Å². The summed E-state index contributed by atoms with van der Waals surface area (Å²) in [5, 5.41) is 2.90. The summed E-state index contributed by atoms with van der Waals surface area (Å²) in [5.41, 5.74) is 1.70. The van der Waals surface area contributed by atoms with Crippen molar-refractivity contribution >= 4 is 17.3 Å². The van der Waals surface area contributed by atoms with Crippen LogP contribution in [0, 0.1) is 0 Å². The number of nitrogens with one attached hydrogen (secondary N) is 1. The number of anilines is 2. The Labute approximate surface area is 136 Å². The number of ether oxygens (including phenoxy) is 2. The fraction of sp³-hybridized carbons (Fsp3) is 0.278. The van der Waals surface area contributed by atoms with Gasteiger partial charge >= 0.3 is 0 Å². The molecule has 23 heavy (non-hydrogen) atoms. The molecule has 0 aliphatic rings. The predicted molar refractivity (Wildman–Crippen MR) is 92.5 cm³/mol. The van der Waals surface area contributed by atoms with Gasteiger partial charge < -0.3 is 19.7 Å². The lowest BCUT2D eigenvalue weighted by molar-refractivity contribution is -0.122. The molecule has 0 fully saturated rings. The fourth-order valence-electron chi connectivity index (χ4n) is 2.12. The van der Waals surface area contributed by atoms with E-state index in [2.05, 4.69) is 5.32 Å². The van der Waals surface area contributed by atoms with E-state index in [1.54, 1.807) is 38.3 Å². The Bertz CT molecular complexity index is 654. The molecule has 2 rings (SSSR count). The predicted octanol–water partition coefficient (Wildman–Crippen LogP) is 3.17. The van der Waals surface area contributed by atoms with Crippen molar-refractivity contribution in [3.05, 3.63) is 48.5 Å². The van der Waals surface area contributed by atoms with Crippen molar-refractivity contribution in [2.24, 2.45) is 0 Å². The molecular formula is C18H22N2O3. The second-order valence-corrected chi connectivity index (χ2v) is 5.34. The van der Waals surface area contributed by atoms with Crippen LogP contribution < -0.4 is 19.7 Å². The van der Waals surface area contributed by atoms with Crippen molar-refractivity contribution in [1.82, 2.24) is 0 Å². The first-order valence-corrected chi connectivity index (χ1v) is 7.39. The third-order valence-corrected chi connectivity index (χ3v) is 3.39. The molecule has 0 aromatic heterocycles. The van der Waals surface area contributed by atoms with Crippen LogP contribution in [0.3, 0.4) is 0 Å². The minimum atomic E-state index is -0.612. The van der Waals surface area contributed by atoms with E-state index in [4.69, 9.17) is 9.47 Å². The maximum Gasteiger partial charge on any atom is 0.265 e. The number of hydrogen-bond acceptors (Lipinski definition) is 4. The highest BCUT2D eigenvalue weighted by atomic mass is 16.5. The largest absolute Gasteiger partial charge is 0.497 e. The highest BCUT2D eigenvalue weighted by Crippen LogP contribution is 2.24. The second kappa shape index (κ2) is 7.54. The molecule has 0 spiro atoms. The van der Waals surface area contributed by atoms with Gasteiger partial charge in [-0.25, -0.2) is 0 Å². The molecule has 0 bridgehead atoms. The van der Waals surface area contributed by atoms with Gasteiger partial charge in [0.1, 0.15) is 11.5 Å². The third kappa shape index (κ3) is 4.39. The Morgan fingerprint density at radius 1 is 1.04 bits per heavy atom. The summed E-state index contributed by atoms with van der Waals surface area (Å²) in [7, 11) is 5.47. The lowest BCUT2D eigenvalue weighted by atomic mass is 10.2. The molecular weight excluding hydrogens is 292 g/mol. The zero-order valence-electron chi connectivity index (χ0n) is 13.9. The van der Waals surface area contributed by atoms with Gasteiger partial charge in [-0.05, 0) is 43.3 Å². The van der Waals surface area contributed by atoms with E-state index in [1.165, 1.54) is 0 Å². The lowest BCUT2D eigenvalue weighted by Gasteiger charge is -2.20. The van der Waals surface area contributed by atoms with E-state index in [1.807, 2.05) is 43.3 Å². The minimum absolute atomic E-state index is 0.199. The van der Waals surface area contributed by atoms with Crippen LogP contribution in [0.2, 0.25) is 0 Å². The summed E-state index contributed by atoms with van der Waals surface area (Å²) in [4.78, 5) is 14.3. The number of hydrogen-bond donors (Lipinski definition) is 1. The summed E-state index contributed by atoms with van der Waals surface area (Å²) >= 11 is 0. The smallest absolute Gasteiger partial charge is 0.265 e. The third-order valence-electron chi connectivity index (χ3n) is 3.39. The van der Waals surface area contributed by atoms with Gasteiger partial charge in [0, 0.05) is 14.1 Å². The van der Waals surface area contributed by atoms with Gasteiger partial charge in [-0.15, -0.1) is 0 Å². The zero-order valence-corrected chi connectivity index (χ0v) is 13.9. The highest BCUT2D eigenvalue weighted by molar-refractivity contribution is 5.97. The lowest BCUT2D eigenvalue weighted by Crippen LogP contribution is -2.30. The van der Waals surface area contributed by atoms with Crippen molar-refractivity contribution < 1.29 is 14.3 Å². The normalized spacial score (nSPS) is 11.5. The molecule has 5 nitrogen and oxygen atoms in total. The number of nitrogens with zero attached hydrogens (tertiary/aromatic N) is 1. The van der Waals surface area contributed by atoms with Crippen molar-refractivity contribution in [3.63, 3.8) is 0 Å². The van der Waals surface area contributed by atoms with E-state index >= 15 is 0 Å². The molecule has 1 unspecified atom stereocenters. The monoisotopic (exact) mass is 314 g/mol. The molecule has 122 valence electrons. The maximum absolute atomic E-state index is 12.3. The molecule has 0 aliphatic carbocycles. The average molecular weight is 314 g/mol. The molecule has 1 amide bonds. The van der Waals surface area contributed by atoms with Gasteiger partial charge in [0.05, 0.1) is 18.5 Å². The van der Waals surface area contributed by atoms with Gasteiger partial charge in [-0.2, -0.15) is 0 Å². The molecule has 1 N–H and O–H groups in total. The number of methoxy groups -OCH3 is 1. The summed E-state index contributed by atoms with van der Waals surface area (Å²) < 4.78 is 10.8. The Kier molecular flexibility index (Phi) is 5.46. The van der Waals surface area contributed by atoms with E-state index in [-0.39, 0.29) is 5.91 Å². The van der Waals surface area contributed by atoms with Crippen LogP contribution in [0.4, 0.5) is 11.4 Å². The zero-order chi connectivity index (χ0) is 16.8. The average Bonchev–Trinajstić information content (AvgIpc) is 2.55. The number of para-hydroxylation sites is 2. The molecule has 2 aromatic carbocycles. The molecule has 2 aromatic rings. The second-order valence-electron chi connectivity index (χ2n) is 5.34. The molecule has 0 saturated heterocycles. The molecule has 1 atom stereocenters. The van der Waals surface area contributed by atoms with Crippen molar-refractivity contribution in [3.8, 4) is 11.5 Å². The van der Waals surface area contributed by atoms with Crippen molar-refractivity contribution in [2.75, 3.05) is 31.4 Å². The van der Waals surface area contributed by atoms with Gasteiger partial charge in [-0.1, -0.05) is 12.1 Å². The number of rotatable bonds is 6. The summed E-state index contributed by atoms with van der Waals surface area (Å²) in [6.07, 6.45) is -0.612. The van der Waals surface area contributed by atoms with Gasteiger partial charge in [0.15, 0.2) is 6.10 Å². The van der Waals surface area contributed by atoms with Crippen molar-refractivity contribution in [2.45, 2.75) is 13.0 Å². The van der Waals surface area contributed by atoms with Crippen LogP contribution in [0.1, 0.15) is 6.92 Å². The van der Waals surface area contributed by atoms with E-state index in [0.717, 1.165) is 17.1 Å². The van der Waals surface area contributed by atoms with Crippen LogP contribution in [-0.4, -0.2) is 33.2 Å². The molecule has 0 aliphatic heterocycles. The number of amides is 1. The van der Waals surface area contributed by atoms with Gasteiger partial charge in [0.25, 0.3) is 5.91 Å². The Morgan fingerprint density at radius 3 is 2.26 bits per heavy atom. The summed E-state index contributed by atoms with van der Waals surface area (Å²) in [6.45, 7) is 1.72. The van der Waals surface area contributed by atoms with Crippen molar-refractivity contribution in [1.29, 1.82) is 0 Å². The molecule has 0 heterocycles. The van der Waals surface area contributed by atoms with Crippen LogP contribution >= 0.6 is 0 Å². The Balaban J connectivity index is 2.02. The minimum Gasteiger partial charge on any atom is -0.497 e. The SMILES string of the molecule is COc1ccc(OC(C)C(=O)Nc2ccccc2N(C)C)cc1. The van der Waals surface area contributed by atoms with Crippen LogP contribution in [0.5, 0.6) is 11.5 Å². The molecule has 0 radical (unpaired) electrons. The van der Waals surface area contributed by atoms with Crippen LogP contribution in [0.25, 0.3) is 0 Å². The highest BCUT2D eigenvalue weighted by Gasteiger charge is 2.16. The maximum atomic E-state index is 12.3. The number of benzene rings is 2. The van der Waals surface area contributed by atoms with Gasteiger partial charge in [-0.3, -0.25) is 4.79 Å². The summed E-state index contributed by atoms with van der Waals surface area (Å²) in [6, 6.07) is 14.8. The fourth-order valence-corrected chi connectivity index (χ4v) is 2.12. The first-order valence-electron chi connectivity index (χ1n) is 7.39. The molecule has 5 heteroatoms. The van der Waals surface area contributed by atoms with Gasteiger partial charge in [0.2, 0.25) is 0 Å². The molecule has 0 saturated carbocycles. The Morgan fingerprint density at radius 2 is 1.65 bits per heavy atom. The standard InChI is InChI=1S/C18H22N2O3/c1-13(23-15-11-9-14(22-4)10-12-15)18(21)19-16-7-5-6-8-17(16)20(2)3/h5-13H,1-4H3,(H,19,21). The Hall–Kier alpha value is -2.69. The van der Waals surface area contributed by atoms with E-state index in [9.17, 15) is 4.79 Å². The van der Waals surface area contributed by atoms with E-state index in [0.29, 0.717) is 5.75 Å². The van der Waals surface area contributed by atoms with Crippen LogP contribution in [-0.2, 0) is 4.79 Å². The number of carbonyl (C=O) groups is 1.